The Morgan fingerprint density at radius 2 is 2.00 bits per heavy atom. The van der Waals surface area contributed by atoms with Gasteiger partial charge < -0.3 is 9.84 Å². The smallest absolute Gasteiger partial charge is 0.273 e. The lowest BCUT2D eigenvalue weighted by molar-refractivity contribution is 0.0931. The summed E-state index contributed by atoms with van der Waals surface area (Å²) in [6.07, 6.45) is 6.70. The first kappa shape index (κ1) is 13.9. The van der Waals surface area contributed by atoms with Crippen LogP contribution < -0.4 is 5.32 Å². The van der Waals surface area contributed by atoms with Gasteiger partial charge in [0.1, 0.15) is 0 Å². The van der Waals surface area contributed by atoms with Crippen LogP contribution in [0, 0.1) is 0 Å². The quantitative estimate of drug-likeness (QED) is 0.800. The molecule has 0 aliphatic carbocycles. The van der Waals surface area contributed by atoms with Crippen molar-refractivity contribution in [3.05, 3.63) is 66.4 Å². The van der Waals surface area contributed by atoms with E-state index < -0.39 is 0 Å². The SMILES string of the molecule is C[C@@H](NC(=O)c1cc(-c2cccnc2)on1)c1ccncc1. The highest BCUT2D eigenvalue weighted by molar-refractivity contribution is 5.93. The maximum atomic E-state index is 12.2. The molecule has 0 aromatic carbocycles. The first-order valence-corrected chi connectivity index (χ1v) is 6.82. The number of hydrogen-bond donors (Lipinski definition) is 1. The number of nitrogens with zero attached hydrogens (tertiary/aromatic N) is 3. The van der Waals surface area contributed by atoms with Crippen molar-refractivity contribution in [1.29, 1.82) is 0 Å². The predicted molar refractivity (Wildman–Crippen MR) is 79.9 cm³/mol. The molecule has 0 fully saturated rings. The molecule has 110 valence electrons. The van der Waals surface area contributed by atoms with E-state index in [0.717, 1.165) is 11.1 Å². The van der Waals surface area contributed by atoms with Gasteiger partial charge in [-0.25, -0.2) is 0 Å². The van der Waals surface area contributed by atoms with Gasteiger partial charge in [0.25, 0.3) is 5.91 Å². The topological polar surface area (TPSA) is 80.9 Å². The number of pyridine rings is 2. The Morgan fingerprint density at radius 1 is 1.18 bits per heavy atom. The molecule has 0 saturated heterocycles. The fraction of sp³-hybridized carbons (Fsp3) is 0.125. The Morgan fingerprint density at radius 3 is 2.73 bits per heavy atom. The van der Waals surface area contributed by atoms with Gasteiger partial charge in [-0.2, -0.15) is 0 Å². The molecule has 1 atom stereocenters. The number of nitrogens with one attached hydrogen (secondary N) is 1. The van der Waals surface area contributed by atoms with Gasteiger partial charge in [0, 0.05) is 36.4 Å². The van der Waals surface area contributed by atoms with Crippen molar-refractivity contribution in [2.75, 3.05) is 0 Å². The highest BCUT2D eigenvalue weighted by atomic mass is 16.5. The third-order valence-corrected chi connectivity index (χ3v) is 3.24. The van der Waals surface area contributed by atoms with E-state index in [4.69, 9.17) is 4.52 Å². The normalized spacial score (nSPS) is 11.9. The second-order valence-corrected chi connectivity index (χ2v) is 4.79. The molecule has 3 aromatic heterocycles. The van der Waals surface area contributed by atoms with Gasteiger partial charge in [0.2, 0.25) is 0 Å². The minimum Gasteiger partial charge on any atom is -0.355 e. The lowest BCUT2D eigenvalue weighted by Crippen LogP contribution is -2.26. The van der Waals surface area contributed by atoms with Crippen LogP contribution in [0.25, 0.3) is 11.3 Å². The summed E-state index contributed by atoms with van der Waals surface area (Å²) in [5, 5.41) is 6.68. The highest BCUT2D eigenvalue weighted by Gasteiger charge is 2.16. The average molecular weight is 294 g/mol. The summed E-state index contributed by atoms with van der Waals surface area (Å²) in [5.41, 5.74) is 1.98. The van der Waals surface area contributed by atoms with Gasteiger partial charge in [-0.15, -0.1) is 0 Å². The first-order valence-electron chi connectivity index (χ1n) is 6.82. The van der Waals surface area contributed by atoms with E-state index >= 15 is 0 Å². The van der Waals surface area contributed by atoms with Crippen molar-refractivity contribution in [2.45, 2.75) is 13.0 Å². The van der Waals surface area contributed by atoms with Crippen LogP contribution in [-0.4, -0.2) is 21.0 Å². The standard InChI is InChI=1S/C16H14N4O2/c1-11(12-4-7-17-8-5-12)19-16(21)14-9-15(22-20-14)13-3-2-6-18-10-13/h2-11H,1H3,(H,19,21)/t11-/m1/s1. The Labute approximate surface area is 127 Å². The van der Waals surface area contributed by atoms with E-state index in [9.17, 15) is 4.79 Å². The third-order valence-electron chi connectivity index (χ3n) is 3.24. The second-order valence-electron chi connectivity index (χ2n) is 4.79. The van der Waals surface area contributed by atoms with Crippen molar-refractivity contribution in [2.24, 2.45) is 0 Å². The number of aromatic nitrogens is 3. The van der Waals surface area contributed by atoms with Gasteiger partial charge in [-0.05, 0) is 36.8 Å². The fourth-order valence-corrected chi connectivity index (χ4v) is 2.03. The molecule has 0 unspecified atom stereocenters. The van der Waals surface area contributed by atoms with Gasteiger partial charge >= 0.3 is 0 Å². The van der Waals surface area contributed by atoms with Gasteiger partial charge in [-0.3, -0.25) is 14.8 Å². The molecule has 0 aliphatic rings. The summed E-state index contributed by atoms with van der Waals surface area (Å²) in [5.74, 6) is 0.220. The molecule has 3 heterocycles. The molecule has 3 aromatic rings. The second kappa shape index (κ2) is 6.17. The summed E-state index contributed by atoms with van der Waals surface area (Å²) in [4.78, 5) is 20.2. The maximum Gasteiger partial charge on any atom is 0.273 e. The van der Waals surface area contributed by atoms with E-state index in [2.05, 4.69) is 20.4 Å². The zero-order valence-corrected chi connectivity index (χ0v) is 11.9. The molecule has 0 spiro atoms. The number of hydrogen-bond acceptors (Lipinski definition) is 5. The summed E-state index contributed by atoms with van der Waals surface area (Å²) in [6.45, 7) is 1.90. The van der Waals surface area contributed by atoms with Crippen LogP contribution in [-0.2, 0) is 0 Å². The minimum atomic E-state index is -0.289. The lowest BCUT2D eigenvalue weighted by Gasteiger charge is -2.12. The number of carbonyl (C=O) groups excluding carboxylic acids is 1. The third kappa shape index (κ3) is 3.01. The maximum absolute atomic E-state index is 12.2. The summed E-state index contributed by atoms with van der Waals surface area (Å²) >= 11 is 0. The first-order chi connectivity index (χ1) is 10.7. The predicted octanol–water partition coefficient (Wildman–Crippen LogP) is 2.62. The van der Waals surface area contributed by atoms with E-state index in [1.807, 2.05) is 25.1 Å². The molecule has 0 bridgehead atoms. The van der Waals surface area contributed by atoms with E-state index in [-0.39, 0.29) is 17.6 Å². The Kier molecular flexibility index (Phi) is 3.91. The summed E-state index contributed by atoms with van der Waals surface area (Å²) < 4.78 is 5.20. The molecule has 0 saturated carbocycles. The lowest BCUT2D eigenvalue weighted by atomic mass is 10.1. The van der Waals surface area contributed by atoms with E-state index in [1.165, 1.54) is 0 Å². The number of amides is 1. The van der Waals surface area contributed by atoms with Crippen molar-refractivity contribution >= 4 is 5.91 Å². The van der Waals surface area contributed by atoms with E-state index in [1.54, 1.807) is 36.9 Å². The van der Waals surface area contributed by atoms with E-state index in [0.29, 0.717) is 5.76 Å². The van der Waals surface area contributed by atoms with Gasteiger partial charge in [0.15, 0.2) is 11.5 Å². The zero-order chi connectivity index (χ0) is 15.4. The molecular formula is C16H14N4O2. The van der Waals surface area contributed by atoms with Crippen molar-refractivity contribution in [3.8, 4) is 11.3 Å². The summed E-state index contributed by atoms with van der Waals surface area (Å²) in [7, 11) is 0. The Bertz CT molecular complexity index is 756. The Balaban J connectivity index is 1.72. The molecule has 0 aliphatic heterocycles. The molecular weight excluding hydrogens is 280 g/mol. The van der Waals surface area contributed by atoms with Crippen molar-refractivity contribution in [3.63, 3.8) is 0 Å². The zero-order valence-electron chi connectivity index (χ0n) is 11.9. The van der Waals surface area contributed by atoms with Gasteiger partial charge in [-0.1, -0.05) is 5.16 Å². The molecule has 6 nitrogen and oxygen atoms in total. The molecule has 3 rings (SSSR count). The largest absolute Gasteiger partial charge is 0.355 e. The highest BCUT2D eigenvalue weighted by Crippen LogP contribution is 2.19. The summed E-state index contributed by atoms with van der Waals surface area (Å²) in [6, 6.07) is 8.81. The number of rotatable bonds is 4. The van der Waals surface area contributed by atoms with Crippen molar-refractivity contribution in [1.82, 2.24) is 20.4 Å². The monoisotopic (exact) mass is 294 g/mol. The van der Waals surface area contributed by atoms with Crippen LogP contribution in [0.15, 0.2) is 59.6 Å². The van der Waals surface area contributed by atoms with Crippen molar-refractivity contribution < 1.29 is 9.32 Å². The molecule has 1 amide bonds. The van der Waals surface area contributed by atoms with Crippen LogP contribution >= 0.6 is 0 Å². The average Bonchev–Trinajstić information content (AvgIpc) is 3.06. The molecule has 22 heavy (non-hydrogen) atoms. The minimum absolute atomic E-state index is 0.144. The molecule has 6 heteroatoms. The molecule has 0 radical (unpaired) electrons. The van der Waals surface area contributed by atoms with Crippen LogP contribution in [0.2, 0.25) is 0 Å². The van der Waals surface area contributed by atoms with Crippen LogP contribution in [0.3, 0.4) is 0 Å². The van der Waals surface area contributed by atoms with Crippen LogP contribution in [0.5, 0.6) is 0 Å². The fourth-order valence-electron chi connectivity index (χ4n) is 2.03. The molecule has 1 N–H and O–H groups in total. The Hall–Kier alpha value is -3.02. The van der Waals surface area contributed by atoms with Gasteiger partial charge in [0.05, 0.1) is 6.04 Å². The number of carbonyl (C=O) groups is 1. The van der Waals surface area contributed by atoms with Crippen LogP contribution in [0.1, 0.15) is 29.0 Å². The van der Waals surface area contributed by atoms with Crippen LogP contribution in [0.4, 0.5) is 0 Å².